The predicted octanol–water partition coefficient (Wildman–Crippen LogP) is 5.87. The largest absolute Gasteiger partial charge is 0.497 e. The topological polar surface area (TPSA) is 106 Å². The second-order valence-corrected chi connectivity index (χ2v) is 8.63. The van der Waals surface area contributed by atoms with Crippen LogP contribution in [0.1, 0.15) is 21.7 Å². The number of allylic oxidation sites excluding steroid dienone is 1. The summed E-state index contributed by atoms with van der Waals surface area (Å²) in [5, 5.41) is 11.5. The van der Waals surface area contributed by atoms with Gasteiger partial charge in [-0.05, 0) is 54.6 Å². The molecular formula is C32H31N5O2. The number of nitrogens with one attached hydrogen (secondary N) is 2. The molecule has 0 saturated heterocycles. The van der Waals surface area contributed by atoms with Crippen LogP contribution in [0.15, 0.2) is 103 Å². The predicted molar refractivity (Wildman–Crippen MR) is 159 cm³/mol. The molecule has 5 aromatic rings. The smallest absolute Gasteiger partial charge is 0.167 e. The van der Waals surface area contributed by atoms with Crippen molar-refractivity contribution < 1.29 is 9.53 Å². The number of rotatable bonds is 8. The molecule has 0 bridgehead atoms. The van der Waals surface area contributed by atoms with Crippen LogP contribution >= 0.6 is 0 Å². The first-order valence-electron chi connectivity index (χ1n) is 12.5. The van der Waals surface area contributed by atoms with Gasteiger partial charge in [-0.1, -0.05) is 60.7 Å². The Kier molecular flexibility index (Phi) is 9.00. The summed E-state index contributed by atoms with van der Waals surface area (Å²) in [5.41, 5.74) is 11.8. The number of aldehydes is 1. The Morgan fingerprint density at radius 1 is 1.00 bits per heavy atom. The molecule has 7 nitrogen and oxygen atoms in total. The van der Waals surface area contributed by atoms with Crippen molar-refractivity contribution in [2.24, 2.45) is 5.73 Å². The van der Waals surface area contributed by atoms with Gasteiger partial charge < -0.3 is 21.2 Å². The molecule has 0 atom stereocenters. The first-order valence-corrected chi connectivity index (χ1v) is 12.5. The van der Waals surface area contributed by atoms with Gasteiger partial charge in [-0.25, -0.2) is 4.98 Å². The standard InChI is InChI=1S/C23H18N4O.C9H13NO/c24-13-17(14-25)20-12-11-19-22(16-7-3-1-4-8-16)21(15-28)27(23(19)26-20)18-9-5-2-6-10-18;1-10-7-8-4-3-5-9(6-8)11-2/h1-15,24H,25H2;3-6,10H,7H2,1-2H3/b17-14+,24-13?;. The Labute approximate surface area is 228 Å². The summed E-state index contributed by atoms with van der Waals surface area (Å²) < 4.78 is 6.93. The van der Waals surface area contributed by atoms with E-state index in [1.165, 1.54) is 18.0 Å². The molecule has 2 aromatic heterocycles. The maximum atomic E-state index is 12.2. The van der Waals surface area contributed by atoms with Crippen LogP contribution in [0.4, 0.5) is 0 Å². The zero-order valence-electron chi connectivity index (χ0n) is 22.0. The molecule has 0 aliphatic rings. The highest BCUT2D eigenvalue weighted by molar-refractivity contribution is 6.09. The number of aromatic nitrogens is 2. The van der Waals surface area contributed by atoms with Crippen LogP contribution in [-0.4, -0.2) is 36.2 Å². The molecule has 0 radical (unpaired) electrons. The van der Waals surface area contributed by atoms with E-state index in [4.69, 9.17) is 20.9 Å². The molecule has 2 heterocycles. The van der Waals surface area contributed by atoms with Gasteiger partial charge in [0.15, 0.2) is 6.29 Å². The number of carbonyl (C=O) groups excluding carboxylic acids is 1. The van der Waals surface area contributed by atoms with Gasteiger partial charge in [0.2, 0.25) is 0 Å². The lowest BCUT2D eigenvalue weighted by Gasteiger charge is -2.08. The van der Waals surface area contributed by atoms with Crippen LogP contribution in [0.25, 0.3) is 33.4 Å². The second-order valence-electron chi connectivity index (χ2n) is 8.63. The minimum absolute atomic E-state index is 0.511. The van der Waals surface area contributed by atoms with Crippen molar-refractivity contribution in [3.8, 4) is 22.6 Å². The van der Waals surface area contributed by atoms with Crippen LogP contribution in [-0.2, 0) is 6.54 Å². The maximum Gasteiger partial charge on any atom is 0.167 e. The van der Waals surface area contributed by atoms with E-state index < -0.39 is 0 Å². The van der Waals surface area contributed by atoms with E-state index in [0.29, 0.717) is 22.6 Å². The molecule has 7 heteroatoms. The van der Waals surface area contributed by atoms with Crippen LogP contribution < -0.4 is 15.8 Å². The number of para-hydroxylation sites is 1. The third kappa shape index (κ3) is 5.95. The number of hydrogen-bond donors (Lipinski definition) is 3. The van der Waals surface area contributed by atoms with E-state index in [9.17, 15) is 4.79 Å². The number of benzene rings is 3. The van der Waals surface area contributed by atoms with Crippen molar-refractivity contribution >= 4 is 29.1 Å². The highest BCUT2D eigenvalue weighted by Crippen LogP contribution is 2.36. The minimum atomic E-state index is 0.511. The van der Waals surface area contributed by atoms with Crippen molar-refractivity contribution in [3.05, 3.63) is 120 Å². The van der Waals surface area contributed by atoms with Gasteiger partial charge >= 0.3 is 0 Å². The number of nitrogens with zero attached hydrogens (tertiary/aromatic N) is 2. The van der Waals surface area contributed by atoms with Crippen LogP contribution in [0, 0.1) is 5.41 Å². The molecule has 0 unspecified atom stereocenters. The van der Waals surface area contributed by atoms with Crippen molar-refractivity contribution in [1.29, 1.82) is 5.41 Å². The average Bonchev–Trinajstić information content (AvgIpc) is 3.33. The molecule has 0 aliphatic carbocycles. The zero-order chi connectivity index (χ0) is 27.6. The van der Waals surface area contributed by atoms with Gasteiger partial charge in [0, 0.05) is 41.2 Å². The lowest BCUT2D eigenvalue weighted by molar-refractivity contribution is 0.111. The van der Waals surface area contributed by atoms with Crippen molar-refractivity contribution in [1.82, 2.24) is 14.9 Å². The average molecular weight is 518 g/mol. The Morgan fingerprint density at radius 2 is 1.72 bits per heavy atom. The second kappa shape index (κ2) is 13.0. The first kappa shape index (κ1) is 27.0. The summed E-state index contributed by atoms with van der Waals surface area (Å²) >= 11 is 0. The number of pyridine rings is 1. The minimum Gasteiger partial charge on any atom is -0.497 e. The fraction of sp³-hybridized carbons (Fsp3) is 0.0938. The van der Waals surface area contributed by atoms with Crippen molar-refractivity contribution in [3.63, 3.8) is 0 Å². The lowest BCUT2D eigenvalue weighted by atomic mass is 10.0. The monoisotopic (exact) mass is 517 g/mol. The number of hydrogen-bond acceptors (Lipinski definition) is 6. The highest BCUT2D eigenvalue weighted by atomic mass is 16.5. The molecule has 0 aliphatic heterocycles. The lowest BCUT2D eigenvalue weighted by Crippen LogP contribution is -2.04. The van der Waals surface area contributed by atoms with E-state index in [1.54, 1.807) is 7.11 Å². The summed E-state index contributed by atoms with van der Waals surface area (Å²) in [5.74, 6) is 0.915. The van der Waals surface area contributed by atoms with Crippen LogP contribution in [0.3, 0.4) is 0 Å². The zero-order valence-corrected chi connectivity index (χ0v) is 22.0. The summed E-state index contributed by atoms with van der Waals surface area (Å²) in [4.78, 5) is 16.9. The van der Waals surface area contributed by atoms with Crippen LogP contribution in [0.2, 0.25) is 0 Å². The fourth-order valence-corrected chi connectivity index (χ4v) is 4.39. The van der Waals surface area contributed by atoms with Crippen molar-refractivity contribution in [2.75, 3.05) is 14.2 Å². The molecule has 0 saturated carbocycles. The van der Waals surface area contributed by atoms with Crippen LogP contribution in [0.5, 0.6) is 5.75 Å². The van der Waals surface area contributed by atoms with Gasteiger partial charge in [0.1, 0.15) is 11.4 Å². The van der Waals surface area contributed by atoms with Gasteiger partial charge in [0.05, 0.1) is 18.5 Å². The fourth-order valence-electron chi connectivity index (χ4n) is 4.39. The summed E-state index contributed by atoms with van der Waals surface area (Å²) in [6.45, 7) is 0.886. The first-order chi connectivity index (χ1) is 19.1. The molecule has 0 spiro atoms. The highest BCUT2D eigenvalue weighted by Gasteiger charge is 2.21. The molecule has 39 heavy (non-hydrogen) atoms. The van der Waals surface area contributed by atoms with E-state index in [0.717, 1.165) is 40.8 Å². The molecule has 0 amide bonds. The summed E-state index contributed by atoms with van der Waals surface area (Å²) in [7, 11) is 3.61. The normalized spacial score (nSPS) is 11.0. The molecule has 0 fully saturated rings. The number of carbonyl (C=O) groups is 1. The summed E-state index contributed by atoms with van der Waals surface area (Å²) in [6.07, 6.45) is 3.39. The SMILES string of the molecule is CNCc1cccc(OC)c1.N=C/C(=C\N)c1ccc2c(-c3ccccc3)c(C=O)n(-c3ccccc3)c2n1. The van der Waals surface area contributed by atoms with Gasteiger partial charge in [-0.15, -0.1) is 0 Å². The Balaban J connectivity index is 0.000000270. The Morgan fingerprint density at radius 3 is 2.33 bits per heavy atom. The number of fused-ring (bicyclic) bond motifs is 1. The third-order valence-corrected chi connectivity index (χ3v) is 6.19. The van der Waals surface area contributed by atoms with Gasteiger partial charge in [-0.3, -0.25) is 9.36 Å². The van der Waals surface area contributed by atoms with E-state index >= 15 is 0 Å². The number of nitrogens with two attached hydrogens (primary N) is 1. The molecular weight excluding hydrogens is 486 g/mol. The maximum absolute atomic E-state index is 12.2. The molecule has 3 aromatic carbocycles. The van der Waals surface area contributed by atoms with Gasteiger partial charge in [-0.2, -0.15) is 0 Å². The number of ether oxygens (including phenoxy) is 1. The van der Waals surface area contributed by atoms with E-state index in [2.05, 4.69) is 11.4 Å². The molecule has 196 valence electrons. The van der Waals surface area contributed by atoms with E-state index in [1.807, 2.05) is 103 Å². The van der Waals surface area contributed by atoms with Gasteiger partial charge in [0.25, 0.3) is 0 Å². The quantitative estimate of drug-likeness (QED) is 0.176. The molecule has 4 N–H and O–H groups in total. The molecule has 5 rings (SSSR count). The number of methoxy groups -OCH3 is 1. The third-order valence-electron chi connectivity index (χ3n) is 6.19. The summed E-state index contributed by atoms with van der Waals surface area (Å²) in [6, 6.07) is 31.2. The van der Waals surface area contributed by atoms with E-state index in [-0.39, 0.29) is 0 Å². The van der Waals surface area contributed by atoms with Crippen molar-refractivity contribution in [2.45, 2.75) is 6.54 Å². The Hall–Kier alpha value is -5.01. The Bertz CT molecular complexity index is 1590.